The van der Waals surface area contributed by atoms with E-state index in [4.69, 9.17) is 50.8 Å². The molecule has 0 aromatic rings. The SMILES string of the molecule is CCOP(=S)(OCC)OP(=S)(OCC)OCC.NOC=O. The Morgan fingerprint density at radius 1 is 0.857 bits per heavy atom. The van der Waals surface area contributed by atoms with Gasteiger partial charge in [-0.05, 0) is 51.3 Å². The summed E-state index contributed by atoms with van der Waals surface area (Å²) in [5, 5.41) is 0. The minimum Gasteiger partial charge on any atom is -0.376 e. The molecule has 0 bridgehead atoms. The predicted octanol–water partition coefficient (Wildman–Crippen LogP) is 2.63. The van der Waals surface area contributed by atoms with Gasteiger partial charge in [-0.3, -0.25) is 4.79 Å². The summed E-state index contributed by atoms with van der Waals surface area (Å²) in [6.45, 7) is 3.24. The molecule has 0 rings (SSSR count). The van der Waals surface area contributed by atoms with Crippen LogP contribution in [-0.2, 0) is 55.7 Å². The van der Waals surface area contributed by atoms with Gasteiger partial charge in [-0.15, -0.1) is 0 Å². The molecule has 0 atom stereocenters. The maximum Gasteiger partial charge on any atom is 0.334 e. The molecule has 0 aliphatic rings. The molecule has 0 aliphatic heterocycles. The summed E-state index contributed by atoms with van der Waals surface area (Å²) >= 11 is 10.4. The first-order chi connectivity index (χ1) is 9.86. The molecule has 0 aromatic heterocycles. The number of rotatable bonds is 11. The molecular formula is C9H23NO7P2S2. The fraction of sp³-hybridized carbons (Fsp3) is 0.889. The van der Waals surface area contributed by atoms with Crippen LogP contribution in [0.15, 0.2) is 0 Å². The third-order valence-corrected chi connectivity index (χ3v) is 7.77. The first-order valence-electron chi connectivity index (χ1n) is 6.15. The fourth-order valence-electron chi connectivity index (χ4n) is 0.924. The zero-order valence-electron chi connectivity index (χ0n) is 12.6. The van der Waals surface area contributed by atoms with Gasteiger partial charge in [0, 0.05) is 0 Å². The molecule has 0 aliphatic carbocycles. The molecule has 0 heterocycles. The van der Waals surface area contributed by atoms with Crippen molar-refractivity contribution in [3.63, 3.8) is 0 Å². The Morgan fingerprint density at radius 3 is 1.24 bits per heavy atom. The smallest absolute Gasteiger partial charge is 0.334 e. The average molecular weight is 383 g/mol. The highest BCUT2D eigenvalue weighted by Crippen LogP contribution is 2.66. The first-order valence-corrected chi connectivity index (χ1v) is 11.3. The number of nitrogens with two attached hydrogens (primary N) is 1. The highest BCUT2D eigenvalue weighted by atomic mass is 32.5. The van der Waals surface area contributed by atoms with E-state index in [1.54, 1.807) is 0 Å². The molecule has 0 fully saturated rings. The molecule has 8 nitrogen and oxygen atoms in total. The Labute approximate surface area is 136 Å². The zero-order chi connectivity index (χ0) is 16.8. The molecule has 0 spiro atoms. The van der Waals surface area contributed by atoms with Crippen molar-refractivity contribution < 1.29 is 32.0 Å². The van der Waals surface area contributed by atoms with Gasteiger partial charge in [0.2, 0.25) is 0 Å². The third kappa shape index (κ3) is 12.7. The minimum atomic E-state index is -2.87. The molecule has 0 saturated heterocycles. The Bertz CT molecular complexity index is 311. The van der Waals surface area contributed by atoms with Crippen LogP contribution in [0.3, 0.4) is 0 Å². The summed E-state index contributed by atoms with van der Waals surface area (Å²) in [6, 6.07) is 0. The van der Waals surface area contributed by atoms with Gasteiger partial charge in [0.05, 0.1) is 26.4 Å². The monoisotopic (exact) mass is 383 g/mol. The zero-order valence-corrected chi connectivity index (χ0v) is 16.0. The summed E-state index contributed by atoms with van der Waals surface area (Å²) in [4.78, 5) is 12.2. The van der Waals surface area contributed by atoms with E-state index in [1.807, 2.05) is 27.7 Å². The lowest BCUT2D eigenvalue weighted by atomic mass is 10.9. The maximum absolute atomic E-state index is 8.83. The molecule has 0 saturated carbocycles. The standard InChI is InChI=1S/C8H20O5P2S2.CH3NO2/c1-5-9-14(16,10-6-2)13-15(17,11-7-3)12-8-4;2-4-1-3/h5-8H2,1-4H3;1H,2H2. The maximum atomic E-state index is 8.83. The Morgan fingerprint density at radius 2 is 1.10 bits per heavy atom. The van der Waals surface area contributed by atoms with E-state index in [-0.39, 0.29) is 6.47 Å². The lowest BCUT2D eigenvalue weighted by molar-refractivity contribution is -0.129. The van der Waals surface area contributed by atoms with Gasteiger partial charge in [0.25, 0.3) is 0 Å². The first kappa shape index (κ1) is 23.8. The van der Waals surface area contributed by atoms with Crippen molar-refractivity contribution in [3.05, 3.63) is 0 Å². The van der Waals surface area contributed by atoms with E-state index >= 15 is 0 Å². The van der Waals surface area contributed by atoms with Crippen molar-refractivity contribution in [3.8, 4) is 0 Å². The lowest BCUT2D eigenvalue weighted by Crippen LogP contribution is -2.03. The van der Waals surface area contributed by atoms with Crippen molar-refractivity contribution >= 4 is 43.5 Å². The summed E-state index contributed by atoms with van der Waals surface area (Å²) in [5.74, 6) is 4.16. The van der Waals surface area contributed by atoms with E-state index in [9.17, 15) is 0 Å². The van der Waals surface area contributed by atoms with Crippen LogP contribution in [0.5, 0.6) is 0 Å². The van der Waals surface area contributed by atoms with Crippen LogP contribution in [0.1, 0.15) is 27.7 Å². The van der Waals surface area contributed by atoms with E-state index in [1.165, 1.54) is 0 Å². The highest BCUT2D eigenvalue weighted by Gasteiger charge is 2.31. The molecule has 0 unspecified atom stereocenters. The highest BCUT2D eigenvalue weighted by molar-refractivity contribution is 8.14. The van der Waals surface area contributed by atoms with Gasteiger partial charge < -0.3 is 22.9 Å². The van der Waals surface area contributed by atoms with Gasteiger partial charge in [0.1, 0.15) is 0 Å². The summed E-state index contributed by atoms with van der Waals surface area (Å²) in [5.41, 5.74) is 0. The Kier molecular flexibility index (Phi) is 16.0. The Balaban J connectivity index is 0. The van der Waals surface area contributed by atoms with Gasteiger partial charge >= 0.3 is 19.9 Å². The second-order valence-electron chi connectivity index (χ2n) is 2.88. The van der Waals surface area contributed by atoms with Crippen LogP contribution >= 0.6 is 13.4 Å². The van der Waals surface area contributed by atoms with E-state index < -0.39 is 13.4 Å². The molecule has 0 radical (unpaired) electrons. The van der Waals surface area contributed by atoms with Crippen LogP contribution in [-0.4, -0.2) is 32.9 Å². The second kappa shape index (κ2) is 14.1. The molecule has 2 N–H and O–H groups in total. The number of hydrogen-bond acceptors (Lipinski definition) is 10. The van der Waals surface area contributed by atoms with Gasteiger partial charge in [-0.25, -0.2) is 4.31 Å². The van der Waals surface area contributed by atoms with Gasteiger partial charge in [-0.2, -0.15) is 5.90 Å². The quantitative estimate of drug-likeness (QED) is 0.326. The van der Waals surface area contributed by atoms with Crippen LogP contribution in [0, 0.1) is 0 Å². The number of carbonyl (C=O) groups excluding carboxylic acids is 1. The summed E-state index contributed by atoms with van der Waals surface area (Å²) in [7, 11) is 0. The van der Waals surface area contributed by atoms with Crippen molar-refractivity contribution in [1.82, 2.24) is 0 Å². The number of carbonyl (C=O) groups is 1. The Hall–Kier alpha value is 0.530. The summed E-state index contributed by atoms with van der Waals surface area (Å²) < 4.78 is 26.9. The van der Waals surface area contributed by atoms with Gasteiger partial charge in [-0.1, -0.05) is 0 Å². The van der Waals surface area contributed by atoms with Crippen molar-refractivity contribution in [2.24, 2.45) is 5.90 Å². The third-order valence-electron chi connectivity index (χ3n) is 1.40. The van der Waals surface area contributed by atoms with Crippen LogP contribution < -0.4 is 5.90 Å². The molecule has 0 amide bonds. The second-order valence-corrected chi connectivity index (χ2v) is 9.04. The largest absolute Gasteiger partial charge is 0.376 e. The number of hydrogen-bond donors (Lipinski definition) is 1. The molecule has 128 valence electrons. The van der Waals surface area contributed by atoms with Crippen LogP contribution in [0.25, 0.3) is 0 Å². The van der Waals surface area contributed by atoms with Crippen LogP contribution in [0.2, 0.25) is 0 Å². The molecule has 12 heteroatoms. The normalized spacial score (nSPS) is 11.5. The fourth-order valence-corrected chi connectivity index (χ4v) is 7.30. The van der Waals surface area contributed by atoms with Crippen LogP contribution in [0.4, 0.5) is 0 Å². The lowest BCUT2D eigenvalue weighted by Gasteiger charge is -2.27. The molecule has 21 heavy (non-hydrogen) atoms. The summed E-state index contributed by atoms with van der Waals surface area (Å²) in [6.07, 6.45) is 0. The van der Waals surface area contributed by atoms with Crippen molar-refractivity contribution in [2.75, 3.05) is 26.4 Å². The molecule has 0 aromatic carbocycles. The van der Waals surface area contributed by atoms with E-state index in [0.717, 1.165) is 0 Å². The average Bonchev–Trinajstić information content (AvgIpc) is 2.39. The minimum absolute atomic E-state index is 0.153. The topological polar surface area (TPSA) is 98.5 Å². The van der Waals surface area contributed by atoms with Crippen molar-refractivity contribution in [1.29, 1.82) is 0 Å². The van der Waals surface area contributed by atoms with Gasteiger partial charge in [0.15, 0.2) is 0 Å². The van der Waals surface area contributed by atoms with E-state index in [0.29, 0.717) is 26.4 Å². The predicted molar refractivity (Wildman–Crippen MR) is 87.5 cm³/mol. The molecular weight excluding hydrogens is 360 g/mol. The van der Waals surface area contributed by atoms with E-state index in [2.05, 4.69) is 10.7 Å². The van der Waals surface area contributed by atoms with Crippen molar-refractivity contribution in [2.45, 2.75) is 27.7 Å².